The largest absolute Gasteiger partial charge is 0.370 e. The van der Waals surface area contributed by atoms with Crippen LogP contribution in [0.25, 0.3) is 17.1 Å². The molecular formula is C25H27N5O2. The third-order valence-corrected chi connectivity index (χ3v) is 6.21. The number of piperidine rings is 1. The van der Waals surface area contributed by atoms with Gasteiger partial charge in [0.2, 0.25) is 0 Å². The van der Waals surface area contributed by atoms with Crippen LogP contribution in [0, 0.1) is 0 Å². The highest BCUT2D eigenvalue weighted by Crippen LogP contribution is 2.25. The van der Waals surface area contributed by atoms with Gasteiger partial charge in [0.05, 0.1) is 22.9 Å². The van der Waals surface area contributed by atoms with Crippen molar-refractivity contribution in [3.8, 4) is 0 Å². The molecule has 2 fully saturated rings. The summed E-state index contributed by atoms with van der Waals surface area (Å²) in [7, 11) is 0. The Bertz CT molecular complexity index is 1230. The van der Waals surface area contributed by atoms with Gasteiger partial charge in [0.25, 0.3) is 11.5 Å². The molecule has 7 heteroatoms. The first-order valence-electron chi connectivity index (χ1n) is 11.3. The number of carbonyl (C=O) groups excluding carboxylic acids is 1. The Morgan fingerprint density at radius 2 is 2.00 bits per heavy atom. The number of carbonyl (C=O) groups is 1. The Hall–Kier alpha value is -3.48. The number of nitrogens with one attached hydrogen (secondary N) is 2. The average molecular weight is 430 g/mol. The molecule has 0 radical (unpaired) electrons. The minimum Gasteiger partial charge on any atom is -0.370 e. The molecule has 3 aromatic rings. The number of hydrogen-bond acceptors (Lipinski definition) is 5. The Kier molecular flexibility index (Phi) is 5.47. The molecule has 0 spiro atoms. The molecule has 1 aliphatic heterocycles. The lowest BCUT2D eigenvalue weighted by Gasteiger charge is -2.30. The quantitative estimate of drug-likeness (QED) is 0.648. The summed E-state index contributed by atoms with van der Waals surface area (Å²) in [6.45, 7) is 3.77. The van der Waals surface area contributed by atoms with Gasteiger partial charge in [-0.2, -0.15) is 0 Å². The summed E-state index contributed by atoms with van der Waals surface area (Å²) in [5.74, 6) is -0.0841. The van der Waals surface area contributed by atoms with Crippen molar-refractivity contribution in [2.45, 2.75) is 45.1 Å². The lowest BCUT2D eigenvalue weighted by molar-refractivity contribution is 0.0946. The topological polar surface area (TPSA) is 91.0 Å². The second kappa shape index (κ2) is 8.57. The zero-order valence-electron chi connectivity index (χ0n) is 18.2. The second-order valence-corrected chi connectivity index (χ2v) is 8.62. The number of rotatable bonds is 5. The van der Waals surface area contributed by atoms with E-state index in [1.165, 1.54) is 5.57 Å². The van der Waals surface area contributed by atoms with Crippen LogP contribution in [0.4, 0.5) is 5.69 Å². The van der Waals surface area contributed by atoms with Crippen LogP contribution in [0.2, 0.25) is 0 Å². The molecule has 1 aliphatic carbocycles. The number of aromatic nitrogens is 3. The minimum atomic E-state index is -0.0841. The highest BCUT2D eigenvalue weighted by Gasteiger charge is 2.24. The van der Waals surface area contributed by atoms with E-state index in [1.54, 1.807) is 6.20 Å². The number of aryl methyl sites for hydroxylation is 1. The summed E-state index contributed by atoms with van der Waals surface area (Å²) < 4.78 is 0. The molecule has 1 amide bonds. The van der Waals surface area contributed by atoms with Gasteiger partial charge >= 0.3 is 0 Å². The van der Waals surface area contributed by atoms with Crippen molar-refractivity contribution < 1.29 is 4.79 Å². The first-order chi connectivity index (χ1) is 15.6. The van der Waals surface area contributed by atoms with Gasteiger partial charge in [0.15, 0.2) is 0 Å². The molecule has 32 heavy (non-hydrogen) atoms. The molecule has 2 N–H and O–H groups in total. The van der Waals surface area contributed by atoms with Gasteiger partial charge in [-0.05, 0) is 61.9 Å². The molecule has 0 bridgehead atoms. The van der Waals surface area contributed by atoms with Crippen LogP contribution < -0.4 is 15.8 Å². The van der Waals surface area contributed by atoms with Crippen molar-refractivity contribution in [2.75, 3.05) is 18.0 Å². The standard InChI is InChI=1S/C25H27N5O2/c1-2-18-13-22-23(29-24(18)31)12-17(14-26-22)11-16-7-9-30(10-8-16)20-5-6-21(27-15-20)25(32)28-19-3-4-19/h5-6,11-15,19H,2-4,7-10H2,1H3,(H,28,32)(H,29,31). The molecule has 3 aromatic heterocycles. The summed E-state index contributed by atoms with van der Waals surface area (Å²) in [6.07, 6.45) is 10.6. The normalized spacial score (nSPS) is 16.3. The van der Waals surface area contributed by atoms with Gasteiger partial charge < -0.3 is 15.2 Å². The molecule has 7 nitrogen and oxygen atoms in total. The zero-order valence-corrected chi connectivity index (χ0v) is 18.2. The summed E-state index contributed by atoms with van der Waals surface area (Å²) in [5, 5.41) is 2.97. The Labute approximate surface area is 186 Å². The molecule has 164 valence electrons. The number of amides is 1. The zero-order chi connectivity index (χ0) is 22.1. The van der Waals surface area contributed by atoms with Crippen molar-refractivity contribution in [1.29, 1.82) is 0 Å². The van der Waals surface area contributed by atoms with Crippen molar-refractivity contribution in [2.24, 2.45) is 0 Å². The van der Waals surface area contributed by atoms with E-state index in [-0.39, 0.29) is 11.5 Å². The molecule has 1 saturated carbocycles. The maximum absolute atomic E-state index is 12.1. The van der Waals surface area contributed by atoms with Crippen LogP contribution in [0.1, 0.15) is 54.2 Å². The van der Waals surface area contributed by atoms with Crippen molar-refractivity contribution in [3.05, 3.63) is 69.4 Å². The highest BCUT2D eigenvalue weighted by atomic mass is 16.2. The van der Waals surface area contributed by atoms with E-state index in [2.05, 4.69) is 31.2 Å². The van der Waals surface area contributed by atoms with Gasteiger partial charge in [-0.15, -0.1) is 0 Å². The summed E-state index contributed by atoms with van der Waals surface area (Å²) in [6, 6.07) is 8.00. The van der Waals surface area contributed by atoms with Crippen LogP contribution in [-0.2, 0) is 6.42 Å². The van der Waals surface area contributed by atoms with E-state index in [4.69, 9.17) is 0 Å². The van der Waals surface area contributed by atoms with Crippen LogP contribution in [0.3, 0.4) is 0 Å². The Balaban J connectivity index is 1.24. The molecule has 5 rings (SSSR count). The number of H-pyrrole nitrogens is 1. The molecule has 0 unspecified atom stereocenters. The van der Waals surface area contributed by atoms with E-state index in [0.29, 0.717) is 18.2 Å². The Morgan fingerprint density at radius 3 is 2.69 bits per heavy atom. The lowest BCUT2D eigenvalue weighted by atomic mass is 10.0. The SMILES string of the molecule is CCc1cc2ncc(C=C3CCN(c4ccc(C(=O)NC5CC5)nc4)CC3)cc2[nH]c1=O. The van der Waals surface area contributed by atoms with Gasteiger partial charge in [-0.1, -0.05) is 18.6 Å². The van der Waals surface area contributed by atoms with Gasteiger partial charge in [-0.25, -0.2) is 4.98 Å². The monoisotopic (exact) mass is 429 g/mol. The average Bonchev–Trinajstić information content (AvgIpc) is 3.63. The first-order valence-corrected chi connectivity index (χ1v) is 11.3. The maximum atomic E-state index is 12.1. The molecule has 0 aromatic carbocycles. The number of hydrogen-bond donors (Lipinski definition) is 2. The van der Waals surface area contributed by atoms with Crippen LogP contribution in [0.5, 0.6) is 0 Å². The van der Waals surface area contributed by atoms with E-state index in [9.17, 15) is 9.59 Å². The fourth-order valence-electron chi connectivity index (χ4n) is 4.11. The van der Waals surface area contributed by atoms with Crippen molar-refractivity contribution in [3.63, 3.8) is 0 Å². The number of pyridine rings is 3. The first kappa shape index (κ1) is 20.4. The minimum absolute atomic E-state index is 0.0374. The number of fused-ring (bicyclic) bond motifs is 1. The number of nitrogens with zero attached hydrogens (tertiary/aromatic N) is 3. The Morgan fingerprint density at radius 1 is 1.19 bits per heavy atom. The molecule has 4 heterocycles. The molecule has 0 atom stereocenters. The van der Waals surface area contributed by atoms with Crippen LogP contribution in [-0.4, -0.2) is 40.0 Å². The van der Waals surface area contributed by atoms with Gasteiger partial charge in [0.1, 0.15) is 5.69 Å². The molecule has 2 aliphatic rings. The molecule has 1 saturated heterocycles. The van der Waals surface area contributed by atoms with Crippen LogP contribution >= 0.6 is 0 Å². The summed E-state index contributed by atoms with van der Waals surface area (Å²) in [4.78, 5) is 38.4. The van der Waals surface area contributed by atoms with E-state index in [1.807, 2.05) is 37.4 Å². The third kappa shape index (κ3) is 4.42. The highest BCUT2D eigenvalue weighted by molar-refractivity contribution is 5.92. The smallest absolute Gasteiger partial charge is 0.270 e. The third-order valence-electron chi connectivity index (χ3n) is 6.21. The van der Waals surface area contributed by atoms with E-state index in [0.717, 1.165) is 66.6 Å². The van der Waals surface area contributed by atoms with Gasteiger partial charge in [-0.3, -0.25) is 14.6 Å². The van der Waals surface area contributed by atoms with E-state index < -0.39 is 0 Å². The summed E-state index contributed by atoms with van der Waals surface area (Å²) in [5.41, 5.74) is 6.21. The maximum Gasteiger partial charge on any atom is 0.270 e. The number of aromatic amines is 1. The second-order valence-electron chi connectivity index (χ2n) is 8.62. The number of anilines is 1. The van der Waals surface area contributed by atoms with Crippen LogP contribution in [0.15, 0.2) is 47.0 Å². The van der Waals surface area contributed by atoms with Gasteiger partial charge in [0, 0.05) is 30.9 Å². The summed E-state index contributed by atoms with van der Waals surface area (Å²) >= 11 is 0. The van der Waals surface area contributed by atoms with E-state index >= 15 is 0 Å². The van der Waals surface area contributed by atoms with Crippen molar-refractivity contribution >= 4 is 28.7 Å². The predicted molar refractivity (Wildman–Crippen MR) is 126 cm³/mol. The molecular weight excluding hydrogens is 402 g/mol. The lowest BCUT2D eigenvalue weighted by Crippen LogP contribution is -2.31. The van der Waals surface area contributed by atoms with Crippen molar-refractivity contribution in [1.82, 2.24) is 20.3 Å². The fraction of sp³-hybridized carbons (Fsp3) is 0.360. The predicted octanol–water partition coefficient (Wildman–Crippen LogP) is 3.46. The fourth-order valence-corrected chi connectivity index (χ4v) is 4.11.